The summed E-state index contributed by atoms with van der Waals surface area (Å²) in [4.78, 5) is 12.1. The fourth-order valence-electron chi connectivity index (χ4n) is 3.08. The van der Waals surface area contributed by atoms with Gasteiger partial charge in [-0.3, -0.25) is 4.79 Å². The molecule has 112 valence electrons. The minimum atomic E-state index is -0.170. The first kappa shape index (κ1) is 16.4. The summed E-state index contributed by atoms with van der Waals surface area (Å²) in [5.74, 6) is 0.627. The number of nitrogens with two attached hydrogens (primary N) is 1. The third-order valence-corrected chi connectivity index (χ3v) is 4.23. The van der Waals surface area contributed by atoms with Crippen molar-refractivity contribution in [3.8, 4) is 0 Å². The monoisotopic (exact) mass is 270 g/mol. The van der Waals surface area contributed by atoms with Gasteiger partial charge in [0, 0.05) is 19.7 Å². The lowest BCUT2D eigenvalue weighted by Gasteiger charge is -2.40. The molecule has 0 aliphatic heterocycles. The maximum absolute atomic E-state index is 12.1. The zero-order valence-corrected chi connectivity index (χ0v) is 12.9. The van der Waals surface area contributed by atoms with Gasteiger partial charge in [-0.25, -0.2) is 0 Å². The molecule has 0 aromatic heterocycles. The second-order valence-electron chi connectivity index (χ2n) is 6.73. The Bertz CT molecular complexity index is 282. The number of hydrogen-bond donors (Lipinski definition) is 2. The van der Waals surface area contributed by atoms with Gasteiger partial charge in [-0.2, -0.15) is 0 Å². The van der Waals surface area contributed by atoms with Crippen LogP contribution in [0.25, 0.3) is 0 Å². The van der Waals surface area contributed by atoms with Crippen molar-refractivity contribution >= 4 is 5.91 Å². The van der Waals surface area contributed by atoms with Gasteiger partial charge >= 0.3 is 0 Å². The van der Waals surface area contributed by atoms with Crippen LogP contribution < -0.4 is 11.1 Å². The van der Waals surface area contributed by atoms with Gasteiger partial charge in [-0.15, -0.1) is 0 Å². The molecule has 4 heteroatoms. The van der Waals surface area contributed by atoms with Crippen LogP contribution in [0.5, 0.6) is 0 Å². The number of rotatable bonds is 5. The number of hydrogen-bond acceptors (Lipinski definition) is 3. The summed E-state index contributed by atoms with van der Waals surface area (Å²) in [6.45, 7) is 7.18. The second kappa shape index (κ2) is 7.25. The largest absolute Gasteiger partial charge is 0.380 e. The molecule has 3 atom stereocenters. The lowest BCUT2D eigenvalue weighted by atomic mass is 9.69. The molecule has 1 rings (SSSR count). The Balaban J connectivity index is 2.55. The van der Waals surface area contributed by atoms with E-state index in [1.165, 1.54) is 19.3 Å². The van der Waals surface area contributed by atoms with Crippen LogP contribution in [0.15, 0.2) is 0 Å². The second-order valence-corrected chi connectivity index (χ2v) is 6.73. The first-order chi connectivity index (χ1) is 8.88. The highest BCUT2D eigenvalue weighted by Crippen LogP contribution is 2.37. The van der Waals surface area contributed by atoms with Crippen molar-refractivity contribution in [2.24, 2.45) is 17.1 Å². The van der Waals surface area contributed by atoms with E-state index in [0.29, 0.717) is 24.9 Å². The highest BCUT2D eigenvalue weighted by Gasteiger charge is 2.34. The Kier molecular flexibility index (Phi) is 6.27. The molecule has 19 heavy (non-hydrogen) atoms. The molecule has 0 aromatic carbocycles. The van der Waals surface area contributed by atoms with Crippen molar-refractivity contribution in [2.75, 3.05) is 13.7 Å². The van der Waals surface area contributed by atoms with Crippen LogP contribution in [0.2, 0.25) is 0 Å². The number of carbonyl (C=O) groups excluding carboxylic acids is 1. The average molecular weight is 270 g/mol. The molecule has 1 aliphatic carbocycles. The van der Waals surface area contributed by atoms with E-state index < -0.39 is 0 Å². The number of carbonyl (C=O) groups is 1. The Morgan fingerprint density at radius 1 is 1.37 bits per heavy atom. The summed E-state index contributed by atoms with van der Waals surface area (Å²) in [7, 11) is 1.60. The predicted octanol–water partition coefficient (Wildman–Crippen LogP) is 2.07. The Labute approximate surface area is 117 Å². The van der Waals surface area contributed by atoms with Gasteiger partial charge in [-0.05, 0) is 24.2 Å². The zero-order chi connectivity index (χ0) is 14.5. The highest BCUT2D eigenvalue weighted by atomic mass is 16.5. The number of ether oxygens (including phenoxy) is 1. The molecule has 4 nitrogen and oxygen atoms in total. The summed E-state index contributed by atoms with van der Waals surface area (Å²) < 4.78 is 5.17. The van der Waals surface area contributed by atoms with E-state index >= 15 is 0 Å². The Morgan fingerprint density at radius 3 is 2.53 bits per heavy atom. The van der Waals surface area contributed by atoms with Crippen LogP contribution in [0, 0.1) is 11.3 Å². The first-order valence-electron chi connectivity index (χ1n) is 7.40. The minimum absolute atomic E-state index is 0.0680. The molecule has 1 amide bonds. The highest BCUT2D eigenvalue weighted by molar-refractivity contribution is 5.76. The quantitative estimate of drug-likeness (QED) is 0.804. The van der Waals surface area contributed by atoms with Crippen LogP contribution in [0.1, 0.15) is 52.9 Å². The normalized spacial score (nSPS) is 25.9. The van der Waals surface area contributed by atoms with E-state index in [4.69, 9.17) is 10.5 Å². The maximum Gasteiger partial charge on any atom is 0.222 e. The number of nitrogens with one attached hydrogen (secondary N) is 1. The average Bonchev–Trinajstić information content (AvgIpc) is 2.35. The lowest BCUT2D eigenvalue weighted by molar-refractivity contribution is -0.125. The molecule has 1 saturated carbocycles. The Morgan fingerprint density at radius 2 is 2.00 bits per heavy atom. The van der Waals surface area contributed by atoms with Crippen LogP contribution in [0.3, 0.4) is 0 Å². The standard InChI is InChI=1S/C15H30N2O2/c1-15(2,3)12-7-5-6-8-13(12)17-14(18)9-11(10-16)19-4/h11-13H,5-10,16H2,1-4H3,(H,17,18). The van der Waals surface area contributed by atoms with Crippen molar-refractivity contribution in [2.45, 2.75) is 65.0 Å². The van der Waals surface area contributed by atoms with Gasteiger partial charge < -0.3 is 15.8 Å². The van der Waals surface area contributed by atoms with Gasteiger partial charge in [0.15, 0.2) is 0 Å². The zero-order valence-electron chi connectivity index (χ0n) is 12.9. The molecule has 0 aromatic rings. The molecule has 0 radical (unpaired) electrons. The number of amides is 1. The maximum atomic E-state index is 12.1. The minimum Gasteiger partial charge on any atom is -0.380 e. The Hall–Kier alpha value is -0.610. The van der Waals surface area contributed by atoms with Crippen LogP contribution >= 0.6 is 0 Å². The van der Waals surface area contributed by atoms with Crippen molar-refractivity contribution in [3.63, 3.8) is 0 Å². The molecular formula is C15H30N2O2. The van der Waals surface area contributed by atoms with Crippen LogP contribution in [-0.2, 0) is 9.53 Å². The van der Waals surface area contributed by atoms with E-state index in [1.54, 1.807) is 7.11 Å². The van der Waals surface area contributed by atoms with Crippen LogP contribution in [0.4, 0.5) is 0 Å². The smallest absolute Gasteiger partial charge is 0.222 e. The van der Waals surface area contributed by atoms with Gasteiger partial charge in [-0.1, -0.05) is 33.6 Å². The van der Waals surface area contributed by atoms with Crippen LogP contribution in [-0.4, -0.2) is 31.7 Å². The summed E-state index contributed by atoms with van der Waals surface area (Å²) in [5.41, 5.74) is 5.80. The van der Waals surface area contributed by atoms with E-state index in [2.05, 4.69) is 26.1 Å². The van der Waals surface area contributed by atoms with Gasteiger partial charge in [0.2, 0.25) is 5.91 Å². The molecule has 0 spiro atoms. The molecule has 0 bridgehead atoms. The summed E-state index contributed by atoms with van der Waals surface area (Å²) in [5, 5.41) is 3.20. The third kappa shape index (κ3) is 5.11. The SMILES string of the molecule is COC(CN)CC(=O)NC1CCCCC1C(C)(C)C. The predicted molar refractivity (Wildman–Crippen MR) is 77.8 cm³/mol. The first-order valence-corrected chi connectivity index (χ1v) is 7.40. The number of methoxy groups -OCH3 is 1. The van der Waals surface area contributed by atoms with E-state index in [0.717, 1.165) is 6.42 Å². The van der Waals surface area contributed by atoms with E-state index in [1.807, 2.05) is 0 Å². The van der Waals surface area contributed by atoms with Gasteiger partial charge in [0.05, 0.1) is 12.5 Å². The molecule has 3 N–H and O–H groups in total. The van der Waals surface area contributed by atoms with Gasteiger partial charge in [0.1, 0.15) is 0 Å². The molecule has 1 aliphatic rings. The van der Waals surface area contributed by atoms with E-state index in [-0.39, 0.29) is 17.4 Å². The summed E-state index contributed by atoms with van der Waals surface area (Å²) in [6, 6.07) is 0.302. The van der Waals surface area contributed by atoms with Gasteiger partial charge in [0.25, 0.3) is 0 Å². The lowest BCUT2D eigenvalue weighted by Crippen LogP contribution is -2.47. The molecular weight excluding hydrogens is 240 g/mol. The fraction of sp³-hybridized carbons (Fsp3) is 0.933. The third-order valence-electron chi connectivity index (χ3n) is 4.23. The summed E-state index contributed by atoms with van der Waals surface area (Å²) >= 11 is 0. The van der Waals surface area contributed by atoms with Crippen molar-refractivity contribution in [3.05, 3.63) is 0 Å². The van der Waals surface area contributed by atoms with Crippen molar-refractivity contribution < 1.29 is 9.53 Å². The molecule has 3 unspecified atom stereocenters. The fourth-order valence-corrected chi connectivity index (χ4v) is 3.08. The molecule has 0 heterocycles. The van der Waals surface area contributed by atoms with E-state index in [9.17, 15) is 4.79 Å². The molecule has 1 fully saturated rings. The van der Waals surface area contributed by atoms with Crippen molar-refractivity contribution in [1.29, 1.82) is 0 Å². The molecule has 0 saturated heterocycles. The summed E-state index contributed by atoms with van der Waals surface area (Å²) in [6.07, 6.45) is 4.98. The van der Waals surface area contributed by atoms with Crippen molar-refractivity contribution in [1.82, 2.24) is 5.32 Å². The topological polar surface area (TPSA) is 64.3 Å².